The number of aromatic nitrogens is 3. The summed E-state index contributed by atoms with van der Waals surface area (Å²) in [7, 11) is 0. The molecule has 0 spiro atoms. The Kier molecular flexibility index (Phi) is 5.18. The zero-order valence-electron chi connectivity index (χ0n) is 14.8. The Morgan fingerprint density at radius 3 is 2.34 bits per heavy atom. The molecular weight excluding hydrogens is 442 g/mol. The van der Waals surface area contributed by atoms with Crippen LogP contribution in [0.3, 0.4) is 0 Å². The van der Waals surface area contributed by atoms with E-state index in [4.69, 9.17) is 0 Å². The maximum atomic E-state index is 13.4. The number of halogens is 3. The van der Waals surface area contributed by atoms with E-state index in [-0.39, 0.29) is 11.6 Å². The van der Waals surface area contributed by atoms with Crippen LogP contribution in [0, 0.1) is 11.6 Å². The Hall–Kier alpha value is -3.39. The van der Waals surface area contributed by atoms with Gasteiger partial charge in [-0.15, -0.1) is 5.10 Å². The van der Waals surface area contributed by atoms with Gasteiger partial charge in [-0.05, 0) is 66.7 Å². The molecule has 0 bridgehead atoms. The quantitative estimate of drug-likeness (QED) is 0.459. The van der Waals surface area contributed by atoms with Crippen molar-refractivity contribution in [3.8, 4) is 17.1 Å². The molecular formula is C21H13BrF2N4O. The van der Waals surface area contributed by atoms with E-state index in [9.17, 15) is 13.6 Å². The minimum atomic E-state index is -0.588. The summed E-state index contributed by atoms with van der Waals surface area (Å²) in [4.78, 5) is 17.0. The van der Waals surface area contributed by atoms with Crippen LogP contribution in [0.25, 0.3) is 17.1 Å². The van der Waals surface area contributed by atoms with Gasteiger partial charge in [-0.1, -0.05) is 22.0 Å². The number of anilines is 1. The zero-order chi connectivity index (χ0) is 20.4. The lowest BCUT2D eigenvalue weighted by molar-refractivity contribution is 0.101. The van der Waals surface area contributed by atoms with E-state index in [1.54, 1.807) is 30.3 Å². The SMILES string of the molecule is O=C(Nc1cccc(F)c1)c1nc(-c2ccc(F)cc2)n(-c2ccc(Br)cc2)n1. The third-order valence-electron chi connectivity index (χ3n) is 4.07. The van der Waals surface area contributed by atoms with E-state index in [1.807, 2.05) is 12.1 Å². The van der Waals surface area contributed by atoms with Crippen LogP contribution in [0.15, 0.2) is 77.3 Å². The van der Waals surface area contributed by atoms with Gasteiger partial charge >= 0.3 is 0 Å². The van der Waals surface area contributed by atoms with Crippen LogP contribution in [-0.4, -0.2) is 20.7 Å². The van der Waals surface area contributed by atoms with Crippen LogP contribution < -0.4 is 5.32 Å². The molecule has 0 unspecified atom stereocenters. The fraction of sp³-hybridized carbons (Fsp3) is 0. The summed E-state index contributed by atoms with van der Waals surface area (Å²) in [5.74, 6) is -1.17. The van der Waals surface area contributed by atoms with E-state index in [1.165, 1.54) is 35.0 Å². The first-order valence-corrected chi connectivity index (χ1v) is 9.35. The van der Waals surface area contributed by atoms with Gasteiger partial charge < -0.3 is 5.32 Å². The molecule has 5 nitrogen and oxygen atoms in total. The van der Waals surface area contributed by atoms with E-state index in [0.717, 1.165) is 4.47 Å². The standard InChI is InChI=1S/C21H13BrF2N4O/c22-14-6-10-18(11-7-14)28-20(13-4-8-15(23)9-5-13)26-19(27-28)21(29)25-17-3-1-2-16(24)12-17/h1-12H,(H,25,29). The number of amides is 1. The van der Waals surface area contributed by atoms with E-state index < -0.39 is 11.7 Å². The number of carbonyl (C=O) groups excluding carboxylic acids is 1. The lowest BCUT2D eigenvalue weighted by atomic mass is 10.2. The van der Waals surface area contributed by atoms with Crippen LogP contribution >= 0.6 is 15.9 Å². The van der Waals surface area contributed by atoms with Crippen molar-refractivity contribution in [2.45, 2.75) is 0 Å². The summed E-state index contributed by atoms with van der Waals surface area (Å²) in [6.45, 7) is 0. The highest BCUT2D eigenvalue weighted by Gasteiger charge is 2.19. The highest BCUT2D eigenvalue weighted by Crippen LogP contribution is 2.23. The molecule has 1 aromatic heterocycles. The normalized spacial score (nSPS) is 10.7. The van der Waals surface area contributed by atoms with Crippen molar-refractivity contribution in [1.82, 2.24) is 14.8 Å². The molecule has 1 N–H and O–H groups in total. The Balaban J connectivity index is 1.75. The van der Waals surface area contributed by atoms with Crippen molar-refractivity contribution in [1.29, 1.82) is 0 Å². The van der Waals surface area contributed by atoms with Crippen molar-refractivity contribution >= 4 is 27.5 Å². The summed E-state index contributed by atoms with van der Waals surface area (Å²) in [6, 6.07) is 18.5. The fourth-order valence-electron chi connectivity index (χ4n) is 2.71. The number of nitrogens with one attached hydrogen (secondary N) is 1. The smallest absolute Gasteiger partial charge is 0.295 e. The van der Waals surface area contributed by atoms with Crippen molar-refractivity contribution in [3.63, 3.8) is 0 Å². The molecule has 0 saturated heterocycles. The van der Waals surface area contributed by atoms with Crippen LogP contribution in [0.4, 0.5) is 14.5 Å². The Morgan fingerprint density at radius 2 is 1.66 bits per heavy atom. The highest BCUT2D eigenvalue weighted by atomic mass is 79.9. The van der Waals surface area contributed by atoms with Crippen LogP contribution in [0.2, 0.25) is 0 Å². The fourth-order valence-corrected chi connectivity index (χ4v) is 2.97. The van der Waals surface area contributed by atoms with Gasteiger partial charge in [0.15, 0.2) is 5.82 Å². The number of nitrogens with zero attached hydrogens (tertiary/aromatic N) is 3. The Bertz CT molecular complexity index is 1110. The molecule has 4 rings (SSSR count). The molecule has 0 aliphatic rings. The maximum Gasteiger partial charge on any atom is 0.295 e. The molecule has 3 aromatic carbocycles. The van der Waals surface area contributed by atoms with E-state index in [0.29, 0.717) is 22.8 Å². The monoisotopic (exact) mass is 454 g/mol. The first-order chi connectivity index (χ1) is 14.0. The van der Waals surface area contributed by atoms with Gasteiger partial charge in [-0.2, -0.15) is 0 Å². The highest BCUT2D eigenvalue weighted by molar-refractivity contribution is 9.10. The predicted octanol–water partition coefficient (Wildman–Crippen LogP) is 5.23. The van der Waals surface area contributed by atoms with Gasteiger partial charge in [0.1, 0.15) is 11.6 Å². The number of hydrogen-bond acceptors (Lipinski definition) is 3. The summed E-state index contributed by atoms with van der Waals surface area (Å²) < 4.78 is 29.1. The van der Waals surface area contributed by atoms with Crippen molar-refractivity contribution < 1.29 is 13.6 Å². The topological polar surface area (TPSA) is 59.8 Å². The van der Waals surface area contributed by atoms with Gasteiger partial charge in [-0.25, -0.2) is 18.4 Å². The molecule has 29 heavy (non-hydrogen) atoms. The van der Waals surface area contributed by atoms with E-state index >= 15 is 0 Å². The number of carbonyl (C=O) groups is 1. The van der Waals surface area contributed by atoms with Gasteiger partial charge in [0, 0.05) is 15.7 Å². The second kappa shape index (κ2) is 7.92. The Labute approximate surface area is 173 Å². The first kappa shape index (κ1) is 18.9. The molecule has 8 heteroatoms. The first-order valence-electron chi connectivity index (χ1n) is 8.55. The second-order valence-electron chi connectivity index (χ2n) is 6.12. The number of benzene rings is 3. The molecule has 1 amide bonds. The van der Waals surface area contributed by atoms with Crippen LogP contribution in [-0.2, 0) is 0 Å². The number of hydrogen-bond donors (Lipinski definition) is 1. The minimum Gasteiger partial charge on any atom is -0.319 e. The maximum absolute atomic E-state index is 13.4. The third kappa shape index (κ3) is 4.22. The zero-order valence-corrected chi connectivity index (χ0v) is 16.4. The summed E-state index contributed by atoms with van der Waals surface area (Å²) in [5, 5.41) is 6.89. The Morgan fingerprint density at radius 1 is 0.931 bits per heavy atom. The van der Waals surface area contributed by atoms with Gasteiger partial charge in [0.2, 0.25) is 5.82 Å². The van der Waals surface area contributed by atoms with E-state index in [2.05, 4.69) is 31.3 Å². The lowest BCUT2D eigenvalue weighted by Gasteiger charge is -2.06. The molecule has 4 aromatic rings. The average molecular weight is 455 g/mol. The summed E-state index contributed by atoms with van der Waals surface area (Å²) in [5.41, 5.74) is 1.55. The molecule has 0 fully saturated rings. The number of rotatable bonds is 4. The molecule has 0 atom stereocenters. The van der Waals surface area contributed by atoms with Gasteiger partial charge in [-0.3, -0.25) is 4.79 Å². The van der Waals surface area contributed by atoms with Crippen LogP contribution in [0.5, 0.6) is 0 Å². The van der Waals surface area contributed by atoms with Crippen LogP contribution in [0.1, 0.15) is 10.6 Å². The van der Waals surface area contributed by atoms with Crippen molar-refractivity contribution in [3.05, 3.63) is 94.7 Å². The average Bonchev–Trinajstić information content (AvgIpc) is 3.15. The molecule has 0 saturated carbocycles. The van der Waals surface area contributed by atoms with Gasteiger partial charge in [0.05, 0.1) is 5.69 Å². The second-order valence-corrected chi connectivity index (χ2v) is 7.03. The lowest BCUT2D eigenvalue weighted by Crippen LogP contribution is -2.14. The summed E-state index contributed by atoms with van der Waals surface area (Å²) >= 11 is 3.38. The van der Waals surface area contributed by atoms with Crippen molar-refractivity contribution in [2.75, 3.05) is 5.32 Å². The molecule has 0 aliphatic heterocycles. The summed E-state index contributed by atoms with van der Waals surface area (Å²) in [6.07, 6.45) is 0. The largest absolute Gasteiger partial charge is 0.319 e. The third-order valence-corrected chi connectivity index (χ3v) is 4.60. The predicted molar refractivity (Wildman–Crippen MR) is 109 cm³/mol. The molecule has 0 aliphatic carbocycles. The molecule has 0 radical (unpaired) electrons. The van der Waals surface area contributed by atoms with Crippen molar-refractivity contribution in [2.24, 2.45) is 0 Å². The molecule has 144 valence electrons. The molecule has 1 heterocycles. The van der Waals surface area contributed by atoms with Gasteiger partial charge in [0.25, 0.3) is 5.91 Å². The minimum absolute atomic E-state index is 0.100.